The lowest BCUT2D eigenvalue weighted by atomic mass is 10.0. The standard InChI is InChI=1S/C15H20N2O5S/c1-10-4-3-5-11(8-10)13(14(18)19)16-15(20)17(2)12-6-7-23(21,22)9-12/h3-5,8,12-13H,6-7,9H2,1-2H3,(H,16,20)(H,18,19). The van der Waals surface area contributed by atoms with Crippen molar-refractivity contribution in [1.82, 2.24) is 10.2 Å². The Morgan fingerprint density at radius 1 is 1.39 bits per heavy atom. The number of nitrogens with one attached hydrogen (secondary N) is 1. The monoisotopic (exact) mass is 340 g/mol. The van der Waals surface area contributed by atoms with E-state index in [9.17, 15) is 23.1 Å². The van der Waals surface area contributed by atoms with Gasteiger partial charge in [0.1, 0.15) is 0 Å². The number of hydrogen-bond acceptors (Lipinski definition) is 4. The van der Waals surface area contributed by atoms with Gasteiger partial charge in [0.25, 0.3) is 0 Å². The Hall–Kier alpha value is -2.09. The number of aryl methyl sites for hydroxylation is 1. The van der Waals surface area contributed by atoms with Crippen molar-refractivity contribution in [3.63, 3.8) is 0 Å². The third-order valence-electron chi connectivity index (χ3n) is 3.97. The summed E-state index contributed by atoms with van der Waals surface area (Å²) in [5.74, 6) is -1.20. The highest BCUT2D eigenvalue weighted by molar-refractivity contribution is 7.91. The smallest absolute Gasteiger partial charge is 0.330 e. The maximum absolute atomic E-state index is 12.3. The first-order valence-corrected chi connectivity index (χ1v) is 9.05. The molecule has 0 saturated carbocycles. The number of carbonyl (C=O) groups excluding carboxylic acids is 1. The Kier molecular flexibility index (Phi) is 4.93. The van der Waals surface area contributed by atoms with E-state index in [2.05, 4.69) is 5.32 Å². The van der Waals surface area contributed by atoms with Crippen LogP contribution in [0.3, 0.4) is 0 Å². The highest BCUT2D eigenvalue weighted by Crippen LogP contribution is 2.19. The number of urea groups is 1. The minimum absolute atomic E-state index is 0.0511. The third-order valence-corrected chi connectivity index (χ3v) is 5.72. The van der Waals surface area contributed by atoms with Gasteiger partial charge in [0.15, 0.2) is 15.9 Å². The van der Waals surface area contributed by atoms with Gasteiger partial charge in [-0.25, -0.2) is 18.0 Å². The lowest BCUT2D eigenvalue weighted by molar-refractivity contribution is -0.139. The van der Waals surface area contributed by atoms with Crippen molar-refractivity contribution in [2.24, 2.45) is 0 Å². The summed E-state index contributed by atoms with van der Waals surface area (Å²) in [6.45, 7) is 1.83. The van der Waals surface area contributed by atoms with Crippen molar-refractivity contribution in [2.75, 3.05) is 18.6 Å². The van der Waals surface area contributed by atoms with Gasteiger partial charge in [-0.2, -0.15) is 0 Å². The average Bonchev–Trinajstić information content (AvgIpc) is 2.83. The molecule has 0 aliphatic carbocycles. The number of nitrogens with zero attached hydrogens (tertiary/aromatic N) is 1. The zero-order valence-electron chi connectivity index (χ0n) is 13.0. The van der Waals surface area contributed by atoms with E-state index in [0.29, 0.717) is 12.0 Å². The molecular weight excluding hydrogens is 320 g/mol. The summed E-state index contributed by atoms with van der Waals surface area (Å²) in [6, 6.07) is 4.68. The molecule has 0 radical (unpaired) electrons. The van der Waals surface area contributed by atoms with E-state index in [1.54, 1.807) is 18.2 Å². The summed E-state index contributed by atoms with van der Waals surface area (Å²) in [5.41, 5.74) is 1.36. The van der Waals surface area contributed by atoms with Gasteiger partial charge in [0.05, 0.1) is 11.5 Å². The zero-order valence-corrected chi connectivity index (χ0v) is 13.8. The molecular formula is C15H20N2O5S. The molecule has 0 aromatic heterocycles. The molecule has 2 atom stereocenters. The highest BCUT2D eigenvalue weighted by atomic mass is 32.2. The third kappa shape index (κ3) is 4.22. The van der Waals surface area contributed by atoms with E-state index in [-0.39, 0.29) is 11.5 Å². The van der Waals surface area contributed by atoms with E-state index in [0.717, 1.165) is 5.56 Å². The van der Waals surface area contributed by atoms with E-state index in [1.165, 1.54) is 11.9 Å². The lowest BCUT2D eigenvalue weighted by Gasteiger charge is -2.26. The summed E-state index contributed by atoms with van der Waals surface area (Å²) in [5, 5.41) is 11.8. The first-order valence-electron chi connectivity index (χ1n) is 7.23. The van der Waals surface area contributed by atoms with Crippen molar-refractivity contribution in [3.8, 4) is 0 Å². The van der Waals surface area contributed by atoms with Crippen LogP contribution >= 0.6 is 0 Å². The van der Waals surface area contributed by atoms with Crippen molar-refractivity contribution in [3.05, 3.63) is 35.4 Å². The first kappa shape index (κ1) is 17.3. The van der Waals surface area contributed by atoms with Gasteiger partial charge in [-0.3, -0.25) is 0 Å². The Labute approximate surface area is 135 Å². The first-order chi connectivity index (χ1) is 10.7. The molecule has 126 valence electrons. The van der Waals surface area contributed by atoms with Gasteiger partial charge in [-0.05, 0) is 18.9 Å². The number of aliphatic carboxylic acids is 1. The summed E-state index contributed by atoms with van der Waals surface area (Å²) in [6.07, 6.45) is 0.369. The second-order valence-corrected chi connectivity index (χ2v) is 8.03. The fraction of sp³-hybridized carbons (Fsp3) is 0.467. The molecule has 1 saturated heterocycles. The fourth-order valence-corrected chi connectivity index (χ4v) is 4.38. The van der Waals surface area contributed by atoms with Crippen LogP contribution in [0.25, 0.3) is 0 Å². The predicted octanol–water partition coefficient (Wildman–Crippen LogP) is 0.949. The summed E-state index contributed by atoms with van der Waals surface area (Å²) in [4.78, 5) is 25.0. The molecule has 1 aromatic carbocycles. The SMILES string of the molecule is Cc1cccc(C(NC(=O)N(C)C2CCS(=O)(=O)C2)C(=O)O)c1. The predicted molar refractivity (Wildman–Crippen MR) is 84.9 cm³/mol. The van der Waals surface area contributed by atoms with Gasteiger partial charge in [-0.15, -0.1) is 0 Å². The van der Waals surface area contributed by atoms with E-state index in [4.69, 9.17) is 0 Å². The zero-order chi connectivity index (χ0) is 17.2. The molecule has 1 fully saturated rings. The maximum Gasteiger partial charge on any atom is 0.330 e. The van der Waals surface area contributed by atoms with E-state index < -0.39 is 33.9 Å². The Balaban J connectivity index is 2.11. The molecule has 7 nitrogen and oxygen atoms in total. The summed E-state index contributed by atoms with van der Waals surface area (Å²) < 4.78 is 23.0. The highest BCUT2D eigenvalue weighted by Gasteiger charge is 2.34. The number of carbonyl (C=O) groups is 2. The molecule has 1 heterocycles. The quantitative estimate of drug-likeness (QED) is 0.849. The molecule has 2 unspecified atom stereocenters. The average molecular weight is 340 g/mol. The molecule has 2 rings (SSSR count). The van der Waals surface area contributed by atoms with Gasteiger partial charge in [0.2, 0.25) is 0 Å². The number of carboxylic acids is 1. The topological polar surface area (TPSA) is 104 Å². The molecule has 0 spiro atoms. The summed E-state index contributed by atoms with van der Waals surface area (Å²) >= 11 is 0. The minimum Gasteiger partial charge on any atom is -0.479 e. The van der Waals surface area contributed by atoms with Crippen LogP contribution in [-0.2, 0) is 14.6 Å². The van der Waals surface area contributed by atoms with Crippen LogP contribution in [0.15, 0.2) is 24.3 Å². The van der Waals surface area contributed by atoms with Crippen LogP contribution in [0.5, 0.6) is 0 Å². The number of benzene rings is 1. The van der Waals surface area contributed by atoms with Crippen molar-refractivity contribution < 1.29 is 23.1 Å². The maximum atomic E-state index is 12.3. The molecule has 2 amide bonds. The normalized spacial score (nSPS) is 20.7. The number of sulfone groups is 1. The van der Waals surface area contributed by atoms with Gasteiger partial charge in [0, 0.05) is 13.1 Å². The van der Waals surface area contributed by atoms with Crippen LogP contribution in [0.2, 0.25) is 0 Å². The lowest BCUT2D eigenvalue weighted by Crippen LogP contribution is -2.46. The number of amides is 2. The molecule has 1 aliphatic rings. The largest absolute Gasteiger partial charge is 0.479 e. The Morgan fingerprint density at radius 2 is 2.09 bits per heavy atom. The number of carboxylic acid groups (broad SMARTS) is 1. The molecule has 0 bridgehead atoms. The number of hydrogen-bond donors (Lipinski definition) is 2. The molecule has 8 heteroatoms. The fourth-order valence-electron chi connectivity index (χ4n) is 2.61. The number of rotatable bonds is 4. The Bertz CT molecular complexity index is 716. The van der Waals surface area contributed by atoms with Crippen LogP contribution in [0.1, 0.15) is 23.6 Å². The van der Waals surface area contributed by atoms with Gasteiger partial charge >= 0.3 is 12.0 Å². The van der Waals surface area contributed by atoms with E-state index in [1.807, 2.05) is 13.0 Å². The summed E-state index contributed by atoms with van der Waals surface area (Å²) in [7, 11) is -1.63. The molecule has 1 aliphatic heterocycles. The minimum atomic E-state index is -3.11. The Morgan fingerprint density at radius 3 is 2.61 bits per heavy atom. The van der Waals surface area contributed by atoms with Crippen molar-refractivity contribution in [2.45, 2.75) is 25.4 Å². The van der Waals surface area contributed by atoms with E-state index >= 15 is 0 Å². The molecule has 23 heavy (non-hydrogen) atoms. The van der Waals surface area contributed by atoms with Crippen LogP contribution in [0.4, 0.5) is 4.79 Å². The van der Waals surface area contributed by atoms with Crippen LogP contribution in [0, 0.1) is 6.92 Å². The van der Waals surface area contributed by atoms with Crippen LogP contribution in [-0.4, -0.2) is 55.0 Å². The van der Waals surface area contributed by atoms with Crippen LogP contribution < -0.4 is 5.32 Å². The van der Waals surface area contributed by atoms with Crippen molar-refractivity contribution in [1.29, 1.82) is 0 Å². The molecule has 1 aromatic rings. The van der Waals surface area contributed by atoms with Crippen molar-refractivity contribution >= 4 is 21.8 Å². The molecule has 2 N–H and O–H groups in total. The van der Waals surface area contributed by atoms with Gasteiger partial charge < -0.3 is 15.3 Å². The van der Waals surface area contributed by atoms with Gasteiger partial charge in [-0.1, -0.05) is 29.8 Å². The second kappa shape index (κ2) is 6.57. The second-order valence-electron chi connectivity index (χ2n) is 5.80.